The lowest BCUT2D eigenvalue weighted by atomic mass is 9.98. The highest BCUT2D eigenvalue weighted by Gasteiger charge is 2.23. The van der Waals surface area contributed by atoms with Crippen LogP contribution in [0, 0.1) is 5.92 Å². The minimum Gasteiger partial charge on any atom is -0.481 e. The molecule has 0 aliphatic rings. The number of hydrogen-bond acceptors (Lipinski definition) is 3. The van der Waals surface area contributed by atoms with E-state index >= 15 is 0 Å². The minimum absolute atomic E-state index is 0.0139. The zero-order valence-corrected chi connectivity index (χ0v) is 11.2. The summed E-state index contributed by atoms with van der Waals surface area (Å²) in [6, 6.07) is 8.20. The predicted molar refractivity (Wildman–Crippen MR) is 72.6 cm³/mol. The fourth-order valence-electron chi connectivity index (χ4n) is 1.66. The Kier molecular flexibility index (Phi) is 5.51. The summed E-state index contributed by atoms with van der Waals surface area (Å²) >= 11 is 0. The van der Waals surface area contributed by atoms with Gasteiger partial charge in [0, 0.05) is 6.54 Å². The Morgan fingerprint density at radius 3 is 2.32 bits per heavy atom. The van der Waals surface area contributed by atoms with E-state index in [0.29, 0.717) is 5.56 Å². The third-order valence-electron chi connectivity index (χ3n) is 3.00. The molecule has 1 aromatic rings. The monoisotopic (exact) mass is 264 g/mol. The second-order valence-corrected chi connectivity index (χ2v) is 4.82. The number of carbonyl (C=O) groups excluding carboxylic acids is 1. The van der Waals surface area contributed by atoms with Crippen LogP contribution in [0.15, 0.2) is 30.3 Å². The van der Waals surface area contributed by atoms with Gasteiger partial charge in [-0.15, -0.1) is 0 Å². The van der Waals surface area contributed by atoms with Crippen LogP contribution in [0.5, 0.6) is 0 Å². The Morgan fingerprint density at radius 1 is 1.26 bits per heavy atom. The molecule has 0 radical (unpaired) electrons. The van der Waals surface area contributed by atoms with Gasteiger partial charge in [-0.2, -0.15) is 0 Å². The first kappa shape index (κ1) is 15.2. The van der Waals surface area contributed by atoms with E-state index < -0.39 is 17.9 Å². The number of carbonyl (C=O) groups is 2. The van der Waals surface area contributed by atoms with Gasteiger partial charge in [-0.25, -0.2) is 0 Å². The van der Waals surface area contributed by atoms with Crippen LogP contribution in [0.3, 0.4) is 0 Å². The number of nitrogens with one attached hydrogen (secondary N) is 1. The van der Waals surface area contributed by atoms with Crippen LogP contribution in [-0.4, -0.2) is 29.6 Å². The summed E-state index contributed by atoms with van der Waals surface area (Å²) in [6.07, 6.45) is 0. The van der Waals surface area contributed by atoms with Gasteiger partial charge in [0.15, 0.2) is 0 Å². The normalized spacial score (nSPS) is 13.9. The first-order valence-electron chi connectivity index (χ1n) is 6.24. The van der Waals surface area contributed by atoms with Gasteiger partial charge >= 0.3 is 5.97 Å². The Morgan fingerprint density at radius 2 is 1.84 bits per heavy atom. The Bertz CT molecular complexity index is 432. The van der Waals surface area contributed by atoms with E-state index in [-0.39, 0.29) is 18.4 Å². The van der Waals surface area contributed by atoms with Gasteiger partial charge < -0.3 is 16.2 Å². The van der Waals surface area contributed by atoms with Crippen LogP contribution in [-0.2, 0) is 9.59 Å². The van der Waals surface area contributed by atoms with Gasteiger partial charge in [0.25, 0.3) is 0 Å². The van der Waals surface area contributed by atoms with Gasteiger partial charge in [0.2, 0.25) is 5.91 Å². The van der Waals surface area contributed by atoms with Crippen molar-refractivity contribution in [2.45, 2.75) is 25.8 Å². The molecule has 1 unspecified atom stereocenters. The van der Waals surface area contributed by atoms with Gasteiger partial charge in [0.05, 0.1) is 12.0 Å². The Hall–Kier alpha value is -1.88. The molecule has 0 heterocycles. The smallest absolute Gasteiger partial charge is 0.312 e. The van der Waals surface area contributed by atoms with Gasteiger partial charge in [-0.05, 0) is 11.5 Å². The summed E-state index contributed by atoms with van der Waals surface area (Å²) < 4.78 is 0. The fourth-order valence-corrected chi connectivity index (χ4v) is 1.66. The first-order chi connectivity index (χ1) is 8.93. The van der Waals surface area contributed by atoms with Crippen molar-refractivity contribution in [2.75, 3.05) is 6.54 Å². The molecule has 104 valence electrons. The van der Waals surface area contributed by atoms with Gasteiger partial charge in [0.1, 0.15) is 0 Å². The van der Waals surface area contributed by atoms with Gasteiger partial charge in [-0.3, -0.25) is 9.59 Å². The molecule has 19 heavy (non-hydrogen) atoms. The molecule has 0 saturated carbocycles. The third kappa shape index (κ3) is 4.37. The molecular weight excluding hydrogens is 244 g/mol. The average molecular weight is 264 g/mol. The Labute approximate surface area is 112 Å². The maximum absolute atomic E-state index is 11.7. The molecule has 2 atom stereocenters. The first-order valence-corrected chi connectivity index (χ1v) is 6.24. The average Bonchev–Trinajstić information content (AvgIpc) is 2.38. The summed E-state index contributed by atoms with van der Waals surface area (Å²) in [5.74, 6) is -2.04. The van der Waals surface area contributed by atoms with E-state index in [4.69, 9.17) is 5.73 Å². The van der Waals surface area contributed by atoms with Crippen LogP contribution in [0.2, 0.25) is 0 Å². The number of hydrogen-bond donors (Lipinski definition) is 3. The second-order valence-electron chi connectivity index (χ2n) is 4.82. The maximum Gasteiger partial charge on any atom is 0.312 e. The van der Waals surface area contributed by atoms with Crippen LogP contribution < -0.4 is 11.1 Å². The summed E-state index contributed by atoms with van der Waals surface area (Å²) in [6.45, 7) is 3.73. The zero-order valence-electron chi connectivity index (χ0n) is 11.2. The van der Waals surface area contributed by atoms with Crippen molar-refractivity contribution in [1.82, 2.24) is 5.32 Å². The van der Waals surface area contributed by atoms with Crippen LogP contribution in [0.25, 0.3) is 0 Å². The molecule has 0 saturated heterocycles. The lowest BCUT2D eigenvalue weighted by Crippen LogP contribution is -2.45. The molecule has 0 spiro atoms. The van der Waals surface area contributed by atoms with Gasteiger partial charge in [-0.1, -0.05) is 44.2 Å². The molecule has 5 heteroatoms. The largest absolute Gasteiger partial charge is 0.481 e. The van der Waals surface area contributed by atoms with E-state index in [1.807, 2.05) is 19.9 Å². The highest BCUT2D eigenvalue weighted by Crippen LogP contribution is 2.14. The molecule has 0 aliphatic heterocycles. The molecule has 0 aliphatic carbocycles. The van der Waals surface area contributed by atoms with Crippen molar-refractivity contribution in [1.29, 1.82) is 0 Å². The van der Waals surface area contributed by atoms with Crippen LogP contribution in [0.1, 0.15) is 25.3 Å². The second kappa shape index (κ2) is 6.89. The quantitative estimate of drug-likeness (QED) is 0.713. The van der Waals surface area contributed by atoms with Crippen molar-refractivity contribution < 1.29 is 14.7 Å². The van der Waals surface area contributed by atoms with Crippen molar-refractivity contribution >= 4 is 11.9 Å². The number of carboxylic acid groups (broad SMARTS) is 1. The fraction of sp³-hybridized carbons (Fsp3) is 0.429. The minimum atomic E-state index is -0.968. The zero-order chi connectivity index (χ0) is 14.4. The van der Waals surface area contributed by atoms with Crippen molar-refractivity contribution in [3.05, 3.63) is 35.9 Å². The summed E-state index contributed by atoms with van der Waals surface area (Å²) in [7, 11) is 0. The summed E-state index contributed by atoms with van der Waals surface area (Å²) in [4.78, 5) is 22.9. The highest BCUT2D eigenvalue weighted by atomic mass is 16.4. The topological polar surface area (TPSA) is 92.4 Å². The molecule has 4 N–H and O–H groups in total. The summed E-state index contributed by atoms with van der Waals surface area (Å²) in [5.41, 5.74) is 6.36. The standard InChI is InChI=1S/C14H20N2O3/c1-9(2)12(15)13(17)16-8-11(14(18)19)10-6-4-3-5-7-10/h3-7,9,11-12H,8,15H2,1-2H3,(H,16,17)(H,18,19)/t11?,12-/m1/s1. The molecule has 1 rings (SSSR count). The highest BCUT2D eigenvalue weighted by molar-refractivity contribution is 5.83. The molecule has 1 amide bonds. The SMILES string of the molecule is CC(C)[C@@H](N)C(=O)NCC(C(=O)O)c1ccccc1. The number of aliphatic carboxylic acids is 1. The molecule has 0 bridgehead atoms. The molecular formula is C14H20N2O3. The number of nitrogens with two attached hydrogens (primary N) is 1. The number of amides is 1. The predicted octanol–water partition coefficient (Wildman–Crippen LogP) is 0.954. The Balaban J connectivity index is 2.67. The summed E-state index contributed by atoms with van der Waals surface area (Å²) in [5, 5.41) is 11.8. The van der Waals surface area contributed by atoms with Crippen molar-refractivity contribution in [2.24, 2.45) is 11.7 Å². The number of carboxylic acids is 1. The van der Waals surface area contributed by atoms with E-state index in [2.05, 4.69) is 5.32 Å². The van der Waals surface area contributed by atoms with E-state index in [1.54, 1.807) is 24.3 Å². The van der Waals surface area contributed by atoms with E-state index in [0.717, 1.165) is 0 Å². The lowest BCUT2D eigenvalue weighted by Gasteiger charge is -2.18. The van der Waals surface area contributed by atoms with Crippen LogP contribution >= 0.6 is 0 Å². The van der Waals surface area contributed by atoms with Crippen molar-refractivity contribution in [3.8, 4) is 0 Å². The maximum atomic E-state index is 11.7. The molecule has 0 fully saturated rings. The van der Waals surface area contributed by atoms with Crippen LogP contribution in [0.4, 0.5) is 0 Å². The lowest BCUT2D eigenvalue weighted by molar-refractivity contribution is -0.138. The number of rotatable bonds is 6. The third-order valence-corrected chi connectivity index (χ3v) is 3.00. The molecule has 5 nitrogen and oxygen atoms in total. The number of benzene rings is 1. The molecule has 0 aromatic heterocycles. The van der Waals surface area contributed by atoms with Crippen molar-refractivity contribution in [3.63, 3.8) is 0 Å². The van der Waals surface area contributed by atoms with E-state index in [1.165, 1.54) is 0 Å². The van der Waals surface area contributed by atoms with E-state index in [9.17, 15) is 14.7 Å². The molecule has 1 aromatic carbocycles.